The minimum absolute atomic E-state index is 0.0712. The lowest BCUT2D eigenvalue weighted by Crippen LogP contribution is -2.25. The summed E-state index contributed by atoms with van der Waals surface area (Å²) in [5.74, 6) is 3.09. The van der Waals surface area contributed by atoms with Gasteiger partial charge in [-0.25, -0.2) is 0 Å². The summed E-state index contributed by atoms with van der Waals surface area (Å²) >= 11 is 0. The van der Waals surface area contributed by atoms with Crippen LogP contribution < -0.4 is 4.74 Å². The first kappa shape index (κ1) is 30.3. The summed E-state index contributed by atoms with van der Waals surface area (Å²) in [6.45, 7) is 10.0. The second kappa shape index (κ2) is 16.0. The summed E-state index contributed by atoms with van der Waals surface area (Å²) in [7, 11) is 0. The zero-order valence-electron chi connectivity index (χ0n) is 24.8. The molecule has 0 unspecified atom stereocenters. The number of ether oxygens (including phenoxy) is 1. The molecule has 208 valence electrons. The fourth-order valence-corrected chi connectivity index (χ4v) is 6.08. The van der Waals surface area contributed by atoms with Crippen LogP contribution in [0.5, 0.6) is 5.75 Å². The van der Waals surface area contributed by atoms with E-state index in [1.165, 1.54) is 68.1 Å². The van der Waals surface area contributed by atoms with Crippen LogP contribution in [0.2, 0.25) is 0 Å². The van der Waals surface area contributed by atoms with E-state index in [0.717, 1.165) is 62.7 Å². The molecular weight excluding hydrogens is 462 g/mol. The molecule has 2 heteroatoms. The van der Waals surface area contributed by atoms with Gasteiger partial charge in [-0.3, -0.25) is 0 Å². The Hall–Kier alpha value is -2.27. The summed E-state index contributed by atoms with van der Waals surface area (Å²) in [4.78, 5) is 0. The molecule has 1 aliphatic carbocycles. The molecule has 0 radical (unpaired) electrons. The minimum atomic E-state index is -0.0712. The molecule has 3 rings (SSSR count). The first-order valence-electron chi connectivity index (χ1n) is 15.7. The second-order valence-corrected chi connectivity index (χ2v) is 12.5. The van der Waals surface area contributed by atoms with Crippen LogP contribution >= 0.6 is 0 Å². The van der Waals surface area contributed by atoms with Crippen molar-refractivity contribution in [1.82, 2.24) is 0 Å². The maximum Gasteiger partial charge on any atom is 0.119 e. The van der Waals surface area contributed by atoms with Gasteiger partial charge in [-0.2, -0.15) is 5.26 Å². The van der Waals surface area contributed by atoms with Crippen molar-refractivity contribution < 1.29 is 4.74 Å². The summed E-state index contributed by atoms with van der Waals surface area (Å²) in [6, 6.07) is 20.5. The summed E-state index contributed by atoms with van der Waals surface area (Å²) in [5.41, 5.74) is 3.86. The predicted molar refractivity (Wildman–Crippen MR) is 162 cm³/mol. The van der Waals surface area contributed by atoms with Crippen molar-refractivity contribution in [2.24, 2.45) is 17.3 Å². The fraction of sp³-hybridized carbons (Fsp3) is 0.639. The van der Waals surface area contributed by atoms with Gasteiger partial charge >= 0.3 is 0 Å². The highest BCUT2D eigenvalue weighted by Crippen LogP contribution is 2.46. The number of nitriles is 1. The van der Waals surface area contributed by atoms with E-state index in [4.69, 9.17) is 4.74 Å². The molecule has 2 aromatic rings. The van der Waals surface area contributed by atoms with Crippen LogP contribution in [0.15, 0.2) is 48.5 Å². The number of rotatable bonds is 16. The van der Waals surface area contributed by atoms with Gasteiger partial charge in [0.2, 0.25) is 0 Å². The van der Waals surface area contributed by atoms with E-state index < -0.39 is 0 Å². The number of hydrogen-bond acceptors (Lipinski definition) is 2. The maximum absolute atomic E-state index is 9.94. The van der Waals surface area contributed by atoms with Crippen LogP contribution in [0.4, 0.5) is 0 Å². The molecule has 1 aliphatic rings. The van der Waals surface area contributed by atoms with Crippen molar-refractivity contribution in [2.45, 2.75) is 124 Å². The summed E-state index contributed by atoms with van der Waals surface area (Å²) in [6.07, 6.45) is 17.0. The molecule has 0 aliphatic heterocycles. The Morgan fingerprint density at radius 2 is 1.45 bits per heavy atom. The van der Waals surface area contributed by atoms with E-state index in [1.54, 1.807) is 0 Å². The fourth-order valence-electron chi connectivity index (χ4n) is 6.08. The smallest absolute Gasteiger partial charge is 0.119 e. The molecule has 1 atom stereocenters. The van der Waals surface area contributed by atoms with E-state index >= 15 is 0 Å². The van der Waals surface area contributed by atoms with Crippen molar-refractivity contribution in [1.29, 1.82) is 5.26 Å². The second-order valence-electron chi connectivity index (χ2n) is 12.5. The van der Waals surface area contributed by atoms with Crippen molar-refractivity contribution in [2.75, 3.05) is 6.61 Å². The van der Waals surface area contributed by atoms with Crippen LogP contribution in [0.25, 0.3) is 11.1 Å². The molecule has 0 N–H and O–H groups in total. The number of benzene rings is 2. The Morgan fingerprint density at radius 1 is 0.816 bits per heavy atom. The van der Waals surface area contributed by atoms with Crippen LogP contribution in [0, 0.1) is 28.6 Å². The third-order valence-electron chi connectivity index (χ3n) is 8.87. The Bertz CT molecular complexity index is 944. The van der Waals surface area contributed by atoms with Crippen LogP contribution in [-0.4, -0.2) is 6.61 Å². The molecule has 0 bridgehead atoms. The Labute approximate surface area is 234 Å². The molecule has 2 nitrogen and oxygen atoms in total. The zero-order valence-corrected chi connectivity index (χ0v) is 24.8. The van der Waals surface area contributed by atoms with E-state index in [9.17, 15) is 5.26 Å². The van der Waals surface area contributed by atoms with Gasteiger partial charge in [-0.05, 0) is 85.1 Å². The summed E-state index contributed by atoms with van der Waals surface area (Å²) < 4.78 is 6.04. The van der Waals surface area contributed by atoms with Crippen molar-refractivity contribution in [3.63, 3.8) is 0 Å². The van der Waals surface area contributed by atoms with Crippen LogP contribution in [0.1, 0.15) is 129 Å². The van der Waals surface area contributed by atoms with E-state index in [0.29, 0.717) is 5.92 Å². The lowest BCUT2D eigenvalue weighted by molar-refractivity contribution is 0.223. The van der Waals surface area contributed by atoms with Crippen molar-refractivity contribution in [3.05, 3.63) is 54.1 Å². The highest BCUT2D eigenvalue weighted by atomic mass is 16.5. The quantitative estimate of drug-likeness (QED) is 0.208. The largest absolute Gasteiger partial charge is 0.494 e. The van der Waals surface area contributed by atoms with Gasteiger partial charge < -0.3 is 4.74 Å². The molecule has 2 aromatic carbocycles. The van der Waals surface area contributed by atoms with Gasteiger partial charge in [-0.1, -0.05) is 115 Å². The summed E-state index contributed by atoms with van der Waals surface area (Å²) in [5, 5.41) is 9.94. The first-order chi connectivity index (χ1) is 18.4. The third-order valence-corrected chi connectivity index (χ3v) is 8.87. The van der Waals surface area contributed by atoms with Crippen LogP contribution in [-0.2, 0) is 0 Å². The lowest BCUT2D eigenvalue weighted by atomic mass is 9.67. The Morgan fingerprint density at radius 3 is 2.05 bits per heavy atom. The third kappa shape index (κ3) is 9.80. The standard InChI is InChI=1S/C36H53NO/c1-5-6-7-8-9-24-36(28-37)25-21-34(22-26-36)32-15-13-31(14-16-32)33-17-19-35(20-18-33)38-27-23-30(4)12-10-11-29(2)3/h13-20,29-30,34H,5-12,21-27H2,1-4H3/t30-,34-,36-/m1/s1. The van der Waals surface area contributed by atoms with Gasteiger partial charge in [0, 0.05) is 0 Å². The van der Waals surface area contributed by atoms with E-state index in [2.05, 4.69) is 82.3 Å². The number of nitrogens with zero attached hydrogens (tertiary/aromatic N) is 1. The molecule has 0 saturated heterocycles. The van der Waals surface area contributed by atoms with E-state index in [-0.39, 0.29) is 5.41 Å². The Kier molecular flexibility index (Phi) is 12.7. The highest BCUT2D eigenvalue weighted by molar-refractivity contribution is 5.64. The van der Waals surface area contributed by atoms with Gasteiger partial charge in [0.25, 0.3) is 0 Å². The first-order valence-corrected chi connectivity index (χ1v) is 15.7. The minimum Gasteiger partial charge on any atom is -0.494 e. The van der Waals surface area contributed by atoms with Crippen LogP contribution in [0.3, 0.4) is 0 Å². The SMILES string of the molecule is CCCCCCC[C@]1(C#N)CC[C@H](c2ccc(-c3ccc(OCC[C@H](C)CCCC(C)C)cc3)cc2)CC1. The average Bonchev–Trinajstić information content (AvgIpc) is 2.93. The monoisotopic (exact) mass is 515 g/mol. The number of unbranched alkanes of at least 4 members (excludes halogenated alkanes) is 4. The lowest BCUT2D eigenvalue weighted by Gasteiger charge is -2.35. The molecule has 0 amide bonds. The molecule has 1 fully saturated rings. The van der Waals surface area contributed by atoms with Gasteiger partial charge in [-0.15, -0.1) is 0 Å². The highest BCUT2D eigenvalue weighted by Gasteiger charge is 2.35. The van der Waals surface area contributed by atoms with Crippen molar-refractivity contribution in [3.8, 4) is 22.9 Å². The molecule has 1 saturated carbocycles. The Balaban J connectivity index is 1.43. The van der Waals surface area contributed by atoms with Gasteiger partial charge in [0.15, 0.2) is 0 Å². The maximum atomic E-state index is 9.94. The van der Waals surface area contributed by atoms with Gasteiger partial charge in [0.1, 0.15) is 5.75 Å². The predicted octanol–water partition coefficient (Wildman–Crippen LogP) is 11.1. The average molecular weight is 516 g/mol. The topological polar surface area (TPSA) is 33.0 Å². The van der Waals surface area contributed by atoms with Crippen molar-refractivity contribution >= 4 is 0 Å². The zero-order chi connectivity index (χ0) is 27.2. The molecule has 0 spiro atoms. The molecule has 38 heavy (non-hydrogen) atoms. The van der Waals surface area contributed by atoms with Gasteiger partial charge in [0.05, 0.1) is 18.1 Å². The number of hydrogen-bond donors (Lipinski definition) is 0. The van der Waals surface area contributed by atoms with E-state index in [1.807, 2.05) is 0 Å². The molecule has 0 aromatic heterocycles. The normalized spacial score (nSPS) is 20.3. The molecular formula is C36H53NO. The molecule has 0 heterocycles.